The van der Waals surface area contributed by atoms with E-state index in [1.54, 1.807) is 60.5 Å². The molecule has 0 radical (unpaired) electrons. The number of benzene rings is 3. The highest BCUT2D eigenvalue weighted by molar-refractivity contribution is 7.86. The van der Waals surface area contributed by atoms with Gasteiger partial charge in [0, 0.05) is 18.7 Å². The Kier molecular flexibility index (Phi) is 6.74. The molecule has 0 spiro atoms. The highest BCUT2D eigenvalue weighted by Gasteiger charge is 2.18. The first-order valence-electron chi connectivity index (χ1n) is 9.30. The molecule has 30 heavy (non-hydrogen) atoms. The van der Waals surface area contributed by atoms with Gasteiger partial charge in [0.15, 0.2) is 0 Å². The van der Waals surface area contributed by atoms with E-state index >= 15 is 0 Å². The van der Waals surface area contributed by atoms with Gasteiger partial charge in [0.2, 0.25) is 0 Å². The zero-order valence-electron chi connectivity index (χ0n) is 16.8. The molecular weight excluding hydrogens is 402 g/mol. The molecule has 0 saturated heterocycles. The molecule has 0 heterocycles. The van der Waals surface area contributed by atoms with Crippen molar-refractivity contribution in [1.29, 1.82) is 0 Å². The highest BCUT2D eigenvalue weighted by Crippen LogP contribution is 2.20. The van der Waals surface area contributed by atoms with Crippen LogP contribution in [0, 0.1) is 0 Å². The molecule has 0 aliphatic rings. The summed E-state index contributed by atoms with van der Waals surface area (Å²) in [7, 11) is -2.03. The van der Waals surface area contributed by atoms with Gasteiger partial charge in [0.05, 0.1) is 13.4 Å². The van der Waals surface area contributed by atoms with E-state index in [1.165, 1.54) is 0 Å². The van der Waals surface area contributed by atoms with E-state index in [0.717, 1.165) is 17.4 Å². The van der Waals surface area contributed by atoms with Gasteiger partial charge in [-0.05, 0) is 41.5 Å². The maximum absolute atomic E-state index is 13.2. The van der Waals surface area contributed by atoms with Crippen molar-refractivity contribution in [3.63, 3.8) is 0 Å². The Morgan fingerprint density at radius 2 is 1.47 bits per heavy atom. The lowest BCUT2D eigenvalue weighted by Gasteiger charge is -2.23. The van der Waals surface area contributed by atoms with Crippen molar-refractivity contribution < 1.29 is 22.1 Å². The van der Waals surface area contributed by atoms with Gasteiger partial charge in [-0.15, -0.1) is 0 Å². The first-order valence-corrected chi connectivity index (χ1v) is 11.1. The summed E-state index contributed by atoms with van der Waals surface area (Å²) in [6.07, 6.45) is 0.995. The molecule has 0 fully saturated rings. The molecule has 0 N–H and O–H groups in total. The summed E-state index contributed by atoms with van der Waals surface area (Å²) in [5.74, 6) is 0.715. The normalized spacial score (nSPS) is 11.0. The molecule has 0 bridgehead atoms. The van der Waals surface area contributed by atoms with Crippen molar-refractivity contribution in [2.45, 2.75) is 13.1 Å². The number of methoxy groups -OCH3 is 1. The predicted molar refractivity (Wildman–Crippen MR) is 115 cm³/mol. The molecule has 1 amide bonds. The molecule has 156 valence electrons. The second kappa shape index (κ2) is 9.45. The minimum Gasteiger partial charge on any atom is -0.497 e. The Balaban J connectivity index is 1.84. The Morgan fingerprint density at radius 1 is 0.833 bits per heavy atom. The van der Waals surface area contributed by atoms with E-state index in [4.69, 9.17) is 8.92 Å². The molecule has 3 rings (SSSR count). The van der Waals surface area contributed by atoms with Crippen LogP contribution in [-0.4, -0.2) is 32.6 Å². The average Bonchev–Trinajstić information content (AvgIpc) is 2.74. The van der Waals surface area contributed by atoms with Crippen LogP contribution >= 0.6 is 0 Å². The minimum absolute atomic E-state index is 0.130. The van der Waals surface area contributed by atoms with Gasteiger partial charge in [-0.25, -0.2) is 0 Å². The van der Waals surface area contributed by atoms with Crippen molar-refractivity contribution in [1.82, 2.24) is 4.90 Å². The van der Waals surface area contributed by atoms with Crippen LogP contribution in [0.3, 0.4) is 0 Å². The summed E-state index contributed by atoms with van der Waals surface area (Å²) >= 11 is 0. The van der Waals surface area contributed by atoms with Crippen molar-refractivity contribution in [2.24, 2.45) is 0 Å². The lowest BCUT2D eigenvalue weighted by atomic mass is 10.1. The Bertz CT molecular complexity index is 1100. The third-order valence-corrected chi connectivity index (χ3v) is 4.86. The van der Waals surface area contributed by atoms with Crippen LogP contribution in [-0.2, 0) is 23.2 Å². The summed E-state index contributed by atoms with van der Waals surface area (Å²) in [5.41, 5.74) is 2.39. The summed E-state index contributed by atoms with van der Waals surface area (Å²) in [4.78, 5) is 15.0. The number of hydrogen-bond donors (Lipinski definition) is 0. The van der Waals surface area contributed by atoms with Gasteiger partial charge in [-0.3, -0.25) is 4.79 Å². The number of hydrogen-bond acceptors (Lipinski definition) is 5. The molecular formula is C23H23NO5S. The highest BCUT2D eigenvalue weighted by atomic mass is 32.2. The number of amides is 1. The Morgan fingerprint density at radius 3 is 2.07 bits per heavy atom. The number of carbonyl (C=O) groups excluding carboxylic acids is 1. The smallest absolute Gasteiger partial charge is 0.306 e. The quantitative estimate of drug-likeness (QED) is 0.512. The van der Waals surface area contributed by atoms with Crippen LogP contribution in [0.2, 0.25) is 0 Å². The first kappa shape index (κ1) is 21.4. The third-order valence-electron chi connectivity index (χ3n) is 4.36. The summed E-state index contributed by atoms with van der Waals surface area (Å²) in [5, 5.41) is 0. The van der Waals surface area contributed by atoms with Gasteiger partial charge < -0.3 is 13.8 Å². The molecule has 0 unspecified atom stereocenters. The van der Waals surface area contributed by atoms with Crippen molar-refractivity contribution in [2.75, 3.05) is 13.4 Å². The molecule has 3 aromatic carbocycles. The van der Waals surface area contributed by atoms with E-state index in [9.17, 15) is 13.2 Å². The molecule has 0 aliphatic heterocycles. The van der Waals surface area contributed by atoms with Crippen molar-refractivity contribution in [3.05, 3.63) is 95.6 Å². The maximum atomic E-state index is 13.2. The second-order valence-corrected chi connectivity index (χ2v) is 8.39. The largest absolute Gasteiger partial charge is 0.497 e. The van der Waals surface area contributed by atoms with Gasteiger partial charge in [0.1, 0.15) is 11.5 Å². The molecule has 7 heteroatoms. The molecule has 0 aliphatic carbocycles. The van der Waals surface area contributed by atoms with E-state index in [0.29, 0.717) is 24.4 Å². The molecule has 6 nitrogen and oxygen atoms in total. The summed E-state index contributed by atoms with van der Waals surface area (Å²) < 4.78 is 32.7. The molecule has 0 saturated carbocycles. The average molecular weight is 426 g/mol. The standard InChI is InChI=1S/C23H23NO5S/c1-28-22-10-6-9-20(15-22)23(25)24(16-18-7-4-3-5-8-18)17-19-11-13-21(14-12-19)29-30(2,26)27/h3-15H,16-17H2,1-2H3. The fraction of sp³-hybridized carbons (Fsp3) is 0.174. The van der Waals surface area contributed by atoms with Crippen molar-refractivity contribution >= 4 is 16.0 Å². The van der Waals surface area contributed by atoms with E-state index < -0.39 is 10.1 Å². The third kappa shape index (κ3) is 6.09. The Labute approximate surface area is 176 Å². The lowest BCUT2D eigenvalue weighted by Crippen LogP contribution is -2.30. The Hall–Kier alpha value is -3.32. The lowest BCUT2D eigenvalue weighted by molar-refractivity contribution is 0.0729. The van der Waals surface area contributed by atoms with Crippen LogP contribution in [0.15, 0.2) is 78.9 Å². The van der Waals surface area contributed by atoms with Crippen molar-refractivity contribution in [3.8, 4) is 11.5 Å². The first-order chi connectivity index (χ1) is 14.3. The van der Waals surface area contributed by atoms with Gasteiger partial charge in [-0.1, -0.05) is 48.5 Å². The maximum Gasteiger partial charge on any atom is 0.306 e. The molecule has 0 aromatic heterocycles. The fourth-order valence-electron chi connectivity index (χ4n) is 2.99. The van der Waals surface area contributed by atoms with Crippen LogP contribution in [0.5, 0.6) is 11.5 Å². The van der Waals surface area contributed by atoms with E-state index in [-0.39, 0.29) is 11.7 Å². The van der Waals surface area contributed by atoms with Crippen LogP contribution in [0.1, 0.15) is 21.5 Å². The second-order valence-electron chi connectivity index (χ2n) is 6.81. The predicted octanol–water partition coefficient (Wildman–Crippen LogP) is 3.88. The SMILES string of the molecule is COc1cccc(C(=O)N(Cc2ccccc2)Cc2ccc(OS(C)(=O)=O)cc2)c1. The topological polar surface area (TPSA) is 72.9 Å². The number of nitrogens with zero attached hydrogens (tertiary/aromatic N) is 1. The van der Waals surface area contributed by atoms with Crippen LogP contribution in [0.25, 0.3) is 0 Å². The molecule has 3 aromatic rings. The summed E-state index contributed by atoms with van der Waals surface area (Å²) in [6.45, 7) is 0.780. The number of ether oxygens (including phenoxy) is 1. The number of carbonyl (C=O) groups is 1. The van der Waals surface area contributed by atoms with E-state index in [1.807, 2.05) is 30.3 Å². The zero-order valence-corrected chi connectivity index (χ0v) is 17.6. The molecule has 0 atom stereocenters. The van der Waals surface area contributed by atoms with Gasteiger partial charge >= 0.3 is 10.1 Å². The van der Waals surface area contributed by atoms with Gasteiger partial charge in [-0.2, -0.15) is 8.42 Å². The fourth-order valence-corrected chi connectivity index (χ4v) is 3.45. The zero-order chi connectivity index (χ0) is 21.6. The van der Waals surface area contributed by atoms with Gasteiger partial charge in [0.25, 0.3) is 5.91 Å². The van der Waals surface area contributed by atoms with Crippen LogP contribution in [0.4, 0.5) is 0 Å². The number of rotatable bonds is 8. The van der Waals surface area contributed by atoms with E-state index in [2.05, 4.69) is 0 Å². The van der Waals surface area contributed by atoms with Crippen LogP contribution < -0.4 is 8.92 Å². The summed E-state index contributed by atoms with van der Waals surface area (Å²) in [6, 6.07) is 23.4. The monoisotopic (exact) mass is 425 g/mol. The minimum atomic E-state index is -3.59.